The molecule has 0 amide bonds. The summed E-state index contributed by atoms with van der Waals surface area (Å²) in [6.07, 6.45) is 5.25. The van der Waals surface area contributed by atoms with Gasteiger partial charge >= 0.3 is 0 Å². The summed E-state index contributed by atoms with van der Waals surface area (Å²) < 4.78 is 16.0. The molecule has 0 spiro atoms. The molecule has 5 nitrogen and oxygen atoms in total. The van der Waals surface area contributed by atoms with Crippen molar-refractivity contribution in [3.63, 3.8) is 0 Å². The van der Waals surface area contributed by atoms with E-state index in [0.717, 1.165) is 43.2 Å². The fourth-order valence-electron chi connectivity index (χ4n) is 4.31. The molecule has 4 heterocycles. The van der Waals surface area contributed by atoms with E-state index in [9.17, 15) is 4.39 Å². The molecule has 2 aromatic heterocycles. The summed E-state index contributed by atoms with van der Waals surface area (Å²) in [5, 5.41) is 4.72. The van der Waals surface area contributed by atoms with Crippen molar-refractivity contribution < 1.29 is 4.39 Å². The van der Waals surface area contributed by atoms with Gasteiger partial charge in [0.05, 0.1) is 16.6 Å². The quantitative estimate of drug-likeness (QED) is 0.755. The SMILES string of the molecule is C[C@@H]1CN(c2nccc3c2c(N2CCC2)cn3-c2cccc(F)c2)[C@@H](C)CN1. The number of rotatable bonds is 3. The third kappa shape index (κ3) is 2.83. The summed E-state index contributed by atoms with van der Waals surface area (Å²) >= 11 is 0. The van der Waals surface area contributed by atoms with Gasteiger partial charge in [0.1, 0.15) is 11.6 Å². The number of hydrogen-bond donors (Lipinski definition) is 1. The van der Waals surface area contributed by atoms with Crippen LogP contribution in [-0.4, -0.2) is 47.8 Å². The van der Waals surface area contributed by atoms with Gasteiger partial charge in [0, 0.05) is 56.3 Å². The number of pyridine rings is 1. The molecule has 1 N–H and O–H groups in total. The standard InChI is InChI=1S/C22H26FN5/c1-15-13-27(16(2)12-25-15)22-21-19(7-8-24-22)28(14-20(21)26-9-4-10-26)18-6-3-5-17(23)11-18/h3,5-8,11,14-16,25H,4,9-10,12-13H2,1-2H3/t15-,16+/m1/s1. The number of nitrogens with zero attached hydrogens (tertiary/aromatic N) is 4. The summed E-state index contributed by atoms with van der Waals surface area (Å²) in [4.78, 5) is 9.65. The van der Waals surface area contributed by atoms with Gasteiger partial charge in [-0.15, -0.1) is 0 Å². The number of fused-ring (bicyclic) bond motifs is 1. The highest BCUT2D eigenvalue weighted by atomic mass is 19.1. The highest BCUT2D eigenvalue weighted by Gasteiger charge is 2.29. The first-order chi connectivity index (χ1) is 13.6. The molecule has 146 valence electrons. The van der Waals surface area contributed by atoms with Crippen LogP contribution in [0.25, 0.3) is 16.6 Å². The monoisotopic (exact) mass is 379 g/mol. The number of anilines is 2. The van der Waals surface area contributed by atoms with Crippen LogP contribution < -0.4 is 15.1 Å². The van der Waals surface area contributed by atoms with E-state index in [-0.39, 0.29) is 5.82 Å². The second kappa shape index (κ2) is 6.78. The average molecular weight is 379 g/mol. The van der Waals surface area contributed by atoms with Crippen molar-refractivity contribution in [3.05, 3.63) is 48.5 Å². The van der Waals surface area contributed by atoms with Crippen molar-refractivity contribution in [2.24, 2.45) is 0 Å². The first-order valence-corrected chi connectivity index (χ1v) is 10.1. The maximum absolute atomic E-state index is 13.9. The van der Waals surface area contributed by atoms with E-state index in [0.29, 0.717) is 12.1 Å². The molecule has 2 atom stereocenters. The van der Waals surface area contributed by atoms with E-state index >= 15 is 0 Å². The van der Waals surface area contributed by atoms with Crippen LogP contribution in [0, 0.1) is 5.82 Å². The topological polar surface area (TPSA) is 36.3 Å². The number of piperazine rings is 1. The minimum atomic E-state index is -0.219. The molecule has 1 aromatic carbocycles. The smallest absolute Gasteiger partial charge is 0.140 e. The highest BCUT2D eigenvalue weighted by molar-refractivity contribution is 6.03. The Bertz CT molecular complexity index is 1010. The van der Waals surface area contributed by atoms with Crippen molar-refractivity contribution in [2.75, 3.05) is 36.0 Å². The Labute approximate surface area is 164 Å². The summed E-state index contributed by atoms with van der Waals surface area (Å²) in [5.41, 5.74) is 3.12. The molecular formula is C22H26FN5. The largest absolute Gasteiger partial charge is 0.370 e. The number of hydrogen-bond acceptors (Lipinski definition) is 4. The van der Waals surface area contributed by atoms with Gasteiger partial charge in [0.25, 0.3) is 0 Å². The number of aromatic nitrogens is 2. The first kappa shape index (κ1) is 17.5. The zero-order valence-electron chi connectivity index (χ0n) is 16.4. The molecule has 0 unspecified atom stereocenters. The molecule has 2 aliphatic rings. The summed E-state index contributed by atoms with van der Waals surface area (Å²) in [7, 11) is 0. The van der Waals surface area contributed by atoms with Crippen LogP contribution >= 0.6 is 0 Å². The Balaban J connectivity index is 1.72. The van der Waals surface area contributed by atoms with E-state index in [1.807, 2.05) is 18.3 Å². The molecule has 2 saturated heterocycles. The van der Waals surface area contributed by atoms with Gasteiger partial charge in [-0.05, 0) is 44.5 Å². The van der Waals surface area contributed by atoms with E-state index in [4.69, 9.17) is 4.98 Å². The molecule has 0 radical (unpaired) electrons. The second-order valence-electron chi connectivity index (χ2n) is 8.04. The van der Waals surface area contributed by atoms with Gasteiger partial charge in [0.2, 0.25) is 0 Å². The maximum atomic E-state index is 13.9. The number of nitrogens with one attached hydrogen (secondary N) is 1. The molecule has 0 saturated carbocycles. The van der Waals surface area contributed by atoms with Crippen LogP contribution in [0.5, 0.6) is 0 Å². The normalized spacial score (nSPS) is 22.5. The molecule has 0 aliphatic carbocycles. The van der Waals surface area contributed by atoms with Gasteiger partial charge in [-0.2, -0.15) is 0 Å². The third-order valence-corrected chi connectivity index (χ3v) is 6.00. The minimum Gasteiger partial charge on any atom is -0.370 e. The molecule has 3 aromatic rings. The number of halogens is 1. The van der Waals surface area contributed by atoms with Crippen molar-refractivity contribution in [1.82, 2.24) is 14.9 Å². The molecule has 28 heavy (non-hydrogen) atoms. The molecular weight excluding hydrogens is 353 g/mol. The fraction of sp³-hybridized carbons (Fsp3) is 0.409. The number of benzene rings is 1. The predicted octanol–water partition coefficient (Wildman–Crippen LogP) is 3.56. The zero-order valence-corrected chi connectivity index (χ0v) is 16.4. The predicted molar refractivity (Wildman–Crippen MR) is 112 cm³/mol. The Morgan fingerprint density at radius 1 is 1.18 bits per heavy atom. The lowest BCUT2D eigenvalue weighted by molar-refractivity contribution is 0.423. The van der Waals surface area contributed by atoms with Gasteiger partial charge in [-0.3, -0.25) is 0 Å². The van der Waals surface area contributed by atoms with Crippen LogP contribution in [0.1, 0.15) is 20.3 Å². The van der Waals surface area contributed by atoms with Crippen LogP contribution in [0.4, 0.5) is 15.9 Å². The summed E-state index contributed by atoms with van der Waals surface area (Å²) in [6, 6.07) is 9.64. The minimum absolute atomic E-state index is 0.219. The second-order valence-corrected chi connectivity index (χ2v) is 8.04. The zero-order chi connectivity index (χ0) is 19.3. The Hall–Kier alpha value is -2.60. The fourth-order valence-corrected chi connectivity index (χ4v) is 4.31. The van der Waals surface area contributed by atoms with Crippen molar-refractivity contribution >= 4 is 22.4 Å². The van der Waals surface area contributed by atoms with E-state index in [1.54, 1.807) is 12.1 Å². The van der Waals surface area contributed by atoms with Crippen LogP contribution in [0.15, 0.2) is 42.7 Å². The van der Waals surface area contributed by atoms with Crippen molar-refractivity contribution in [2.45, 2.75) is 32.4 Å². The molecule has 2 aliphatic heterocycles. The lowest BCUT2D eigenvalue weighted by Crippen LogP contribution is -2.54. The van der Waals surface area contributed by atoms with Crippen molar-refractivity contribution in [1.29, 1.82) is 0 Å². The Kier molecular flexibility index (Phi) is 4.23. The van der Waals surface area contributed by atoms with E-state index in [2.05, 4.69) is 39.7 Å². The lowest BCUT2D eigenvalue weighted by Gasteiger charge is -2.39. The molecule has 2 fully saturated rings. The van der Waals surface area contributed by atoms with Gasteiger partial charge in [0.15, 0.2) is 0 Å². The van der Waals surface area contributed by atoms with Crippen LogP contribution in [0.3, 0.4) is 0 Å². The van der Waals surface area contributed by atoms with Crippen LogP contribution in [-0.2, 0) is 0 Å². The molecule has 0 bridgehead atoms. The first-order valence-electron chi connectivity index (χ1n) is 10.1. The van der Waals surface area contributed by atoms with Gasteiger partial charge < -0.3 is 19.7 Å². The van der Waals surface area contributed by atoms with Gasteiger partial charge in [-0.1, -0.05) is 6.07 Å². The Morgan fingerprint density at radius 3 is 2.79 bits per heavy atom. The van der Waals surface area contributed by atoms with E-state index < -0.39 is 0 Å². The van der Waals surface area contributed by atoms with E-state index in [1.165, 1.54) is 23.6 Å². The average Bonchev–Trinajstić information content (AvgIpc) is 3.02. The highest BCUT2D eigenvalue weighted by Crippen LogP contribution is 2.39. The molecule has 6 heteroatoms. The van der Waals surface area contributed by atoms with Crippen LogP contribution in [0.2, 0.25) is 0 Å². The summed E-state index contributed by atoms with van der Waals surface area (Å²) in [5.74, 6) is 0.819. The maximum Gasteiger partial charge on any atom is 0.140 e. The summed E-state index contributed by atoms with van der Waals surface area (Å²) in [6.45, 7) is 8.45. The third-order valence-electron chi connectivity index (χ3n) is 6.00. The lowest BCUT2D eigenvalue weighted by atomic mass is 10.1. The van der Waals surface area contributed by atoms with Crippen molar-refractivity contribution in [3.8, 4) is 5.69 Å². The molecule has 5 rings (SSSR count). The Morgan fingerprint density at radius 2 is 2.04 bits per heavy atom. The van der Waals surface area contributed by atoms with Gasteiger partial charge in [-0.25, -0.2) is 9.37 Å².